The van der Waals surface area contributed by atoms with Gasteiger partial charge in [0.15, 0.2) is 0 Å². The minimum Gasteiger partial charge on any atom is -0.326 e. The molecule has 0 aromatic heterocycles. The van der Waals surface area contributed by atoms with E-state index in [1.54, 1.807) is 24.3 Å². The Morgan fingerprint density at radius 1 is 1.16 bits per heavy atom. The van der Waals surface area contributed by atoms with E-state index in [0.29, 0.717) is 11.3 Å². The normalized spacial score (nSPS) is 20.8. The van der Waals surface area contributed by atoms with E-state index in [9.17, 15) is 4.79 Å². The second-order valence-electron chi connectivity index (χ2n) is 5.20. The van der Waals surface area contributed by atoms with E-state index in [4.69, 9.17) is 5.26 Å². The average molecular weight is 253 g/mol. The highest BCUT2D eigenvalue weighted by Gasteiger charge is 2.40. The lowest BCUT2D eigenvalue weighted by Gasteiger charge is -2.30. The molecule has 1 fully saturated rings. The third-order valence-electron chi connectivity index (χ3n) is 3.86. The lowest BCUT2D eigenvalue weighted by atomic mass is 9.90. The molecule has 96 valence electrons. The zero-order chi connectivity index (χ0) is 13.3. The van der Waals surface area contributed by atoms with Crippen molar-refractivity contribution in [3.8, 4) is 6.07 Å². The Kier molecular flexibility index (Phi) is 2.83. The summed E-state index contributed by atoms with van der Waals surface area (Å²) < 4.78 is 0. The van der Waals surface area contributed by atoms with Gasteiger partial charge in [-0.3, -0.25) is 9.79 Å². The van der Waals surface area contributed by atoms with Crippen molar-refractivity contribution in [3.05, 3.63) is 35.4 Å². The zero-order valence-electron chi connectivity index (χ0n) is 10.6. The van der Waals surface area contributed by atoms with Crippen molar-refractivity contribution in [1.29, 1.82) is 5.26 Å². The van der Waals surface area contributed by atoms with Gasteiger partial charge in [-0.2, -0.15) is 5.26 Å². The van der Waals surface area contributed by atoms with E-state index in [1.807, 2.05) is 0 Å². The summed E-state index contributed by atoms with van der Waals surface area (Å²) in [5, 5.41) is 11.8. The van der Waals surface area contributed by atoms with Gasteiger partial charge >= 0.3 is 0 Å². The smallest absolute Gasteiger partial charge is 0.272 e. The topological polar surface area (TPSA) is 65.2 Å². The highest BCUT2D eigenvalue weighted by molar-refractivity contribution is 6.46. The minimum absolute atomic E-state index is 0.0911. The number of carbonyl (C=O) groups excluding carboxylic acids is 1. The van der Waals surface area contributed by atoms with Crippen LogP contribution < -0.4 is 5.32 Å². The SMILES string of the molecule is N#Cc1ccc(C2=NC3(CCCCC3)NC2=O)cc1. The van der Waals surface area contributed by atoms with Crippen LogP contribution in [0.5, 0.6) is 0 Å². The second kappa shape index (κ2) is 4.51. The first-order valence-corrected chi connectivity index (χ1v) is 6.65. The van der Waals surface area contributed by atoms with Crippen molar-refractivity contribution in [2.75, 3.05) is 0 Å². The van der Waals surface area contributed by atoms with Gasteiger partial charge in [-0.05, 0) is 37.8 Å². The molecule has 0 radical (unpaired) electrons. The van der Waals surface area contributed by atoms with Crippen LogP contribution in [-0.4, -0.2) is 17.3 Å². The average Bonchev–Trinajstić information content (AvgIpc) is 2.76. The molecule has 0 atom stereocenters. The number of nitrogens with zero attached hydrogens (tertiary/aromatic N) is 2. The number of hydrogen-bond acceptors (Lipinski definition) is 3. The number of nitrogens with one attached hydrogen (secondary N) is 1. The molecular formula is C15H15N3O. The van der Waals surface area contributed by atoms with Crippen molar-refractivity contribution >= 4 is 11.6 Å². The minimum atomic E-state index is -0.363. The molecule has 1 aliphatic carbocycles. The van der Waals surface area contributed by atoms with Gasteiger partial charge in [0.1, 0.15) is 11.4 Å². The van der Waals surface area contributed by atoms with Gasteiger partial charge in [-0.15, -0.1) is 0 Å². The predicted octanol–water partition coefficient (Wildman–Crippen LogP) is 2.14. The van der Waals surface area contributed by atoms with Crippen LogP contribution >= 0.6 is 0 Å². The van der Waals surface area contributed by atoms with Crippen LogP contribution in [0.15, 0.2) is 29.3 Å². The molecule has 0 bridgehead atoms. The van der Waals surface area contributed by atoms with E-state index in [0.717, 1.165) is 31.2 Å². The number of benzene rings is 1. The van der Waals surface area contributed by atoms with Crippen molar-refractivity contribution in [1.82, 2.24) is 5.32 Å². The first-order chi connectivity index (χ1) is 9.22. The quantitative estimate of drug-likeness (QED) is 0.833. The first kappa shape index (κ1) is 11.9. The van der Waals surface area contributed by atoms with Crippen molar-refractivity contribution in [2.45, 2.75) is 37.8 Å². The van der Waals surface area contributed by atoms with Gasteiger partial charge < -0.3 is 5.32 Å². The van der Waals surface area contributed by atoms with Gasteiger partial charge in [-0.25, -0.2) is 0 Å². The number of carbonyl (C=O) groups is 1. The summed E-state index contributed by atoms with van der Waals surface area (Å²) in [6.45, 7) is 0. The van der Waals surface area contributed by atoms with Crippen LogP contribution in [0.3, 0.4) is 0 Å². The Hall–Kier alpha value is -2.15. The molecule has 1 spiro atoms. The van der Waals surface area contributed by atoms with Crippen LogP contribution in [0.4, 0.5) is 0 Å². The monoisotopic (exact) mass is 253 g/mol. The maximum absolute atomic E-state index is 12.1. The molecular weight excluding hydrogens is 238 g/mol. The fraction of sp³-hybridized carbons (Fsp3) is 0.400. The fourth-order valence-corrected chi connectivity index (χ4v) is 2.84. The summed E-state index contributed by atoms with van der Waals surface area (Å²) in [5.41, 5.74) is 1.53. The standard InChI is InChI=1S/C15H15N3O/c16-10-11-4-6-12(7-5-11)13-14(19)18-15(17-13)8-2-1-3-9-15/h4-7H,1-3,8-9H2,(H,18,19). The number of nitriles is 1. The van der Waals surface area contributed by atoms with E-state index in [2.05, 4.69) is 16.4 Å². The lowest BCUT2D eigenvalue weighted by molar-refractivity contribution is -0.115. The highest BCUT2D eigenvalue weighted by Crippen LogP contribution is 2.32. The summed E-state index contributed by atoms with van der Waals surface area (Å²) >= 11 is 0. The second-order valence-corrected chi connectivity index (χ2v) is 5.20. The number of hydrogen-bond donors (Lipinski definition) is 1. The summed E-state index contributed by atoms with van der Waals surface area (Å²) in [7, 11) is 0. The van der Waals surface area contributed by atoms with E-state index in [1.165, 1.54) is 6.42 Å². The van der Waals surface area contributed by atoms with Crippen LogP contribution in [0.2, 0.25) is 0 Å². The molecule has 2 aliphatic rings. The number of amides is 1. The Morgan fingerprint density at radius 2 is 1.84 bits per heavy atom. The molecule has 1 saturated carbocycles. The predicted molar refractivity (Wildman–Crippen MR) is 71.7 cm³/mol. The van der Waals surface area contributed by atoms with Gasteiger partial charge in [0.2, 0.25) is 0 Å². The van der Waals surface area contributed by atoms with Crippen molar-refractivity contribution in [2.24, 2.45) is 4.99 Å². The molecule has 19 heavy (non-hydrogen) atoms. The van der Waals surface area contributed by atoms with E-state index >= 15 is 0 Å². The third kappa shape index (κ3) is 2.12. The molecule has 1 N–H and O–H groups in total. The molecule has 1 aliphatic heterocycles. The van der Waals surface area contributed by atoms with Gasteiger partial charge in [0.25, 0.3) is 5.91 Å². The molecule has 3 rings (SSSR count). The van der Waals surface area contributed by atoms with Gasteiger partial charge in [0, 0.05) is 5.56 Å². The third-order valence-corrected chi connectivity index (χ3v) is 3.86. The van der Waals surface area contributed by atoms with Crippen molar-refractivity contribution in [3.63, 3.8) is 0 Å². The summed E-state index contributed by atoms with van der Waals surface area (Å²) in [6, 6.07) is 9.09. The summed E-state index contributed by atoms with van der Waals surface area (Å²) in [5.74, 6) is -0.0911. The fourth-order valence-electron chi connectivity index (χ4n) is 2.84. The molecule has 4 heteroatoms. The Balaban J connectivity index is 1.92. The molecule has 4 nitrogen and oxygen atoms in total. The Morgan fingerprint density at radius 3 is 2.47 bits per heavy atom. The summed E-state index contributed by atoms with van der Waals surface area (Å²) in [4.78, 5) is 16.8. The highest BCUT2D eigenvalue weighted by atomic mass is 16.2. The van der Waals surface area contributed by atoms with Crippen LogP contribution in [-0.2, 0) is 4.79 Å². The molecule has 0 unspecified atom stereocenters. The van der Waals surface area contributed by atoms with E-state index in [-0.39, 0.29) is 11.6 Å². The lowest BCUT2D eigenvalue weighted by Crippen LogP contribution is -2.43. The molecule has 1 aromatic carbocycles. The zero-order valence-corrected chi connectivity index (χ0v) is 10.6. The Labute approximate surface area is 112 Å². The number of aliphatic imine (C=N–C) groups is 1. The maximum Gasteiger partial charge on any atom is 0.272 e. The van der Waals surface area contributed by atoms with Gasteiger partial charge in [0.05, 0.1) is 11.6 Å². The van der Waals surface area contributed by atoms with Gasteiger partial charge in [-0.1, -0.05) is 18.6 Å². The summed E-state index contributed by atoms with van der Waals surface area (Å²) in [6.07, 6.45) is 5.31. The molecule has 1 amide bonds. The van der Waals surface area contributed by atoms with Crippen molar-refractivity contribution < 1.29 is 4.79 Å². The van der Waals surface area contributed by atoms with E-state index < -0.39 is 0 Å². The van der Waals surface area contributed by atoms with Crippen LogP contribution in [0.1, 0.15) is 43.2 Å². The first-order valence-electron chi connectivity index (χ1n) is 6.65. The Bertz CT molecular complexity index is 574. The largest absolute Gasteiger partial charge is 0.326 e. The molecule has 1 heterocycles. The van der Waals surface area contributed by atoms with Crippen LogP contribution in [0, 0.1) is 11.3 Å². The van der Waals surface area contributed by atoms with Crippen LogP contribution in [0.25, 0.3) is 0 Å². The molecule has 1 aromatic rings. The maximum atomic E-state index is 12.1. The molecule has 0 saturated heterocycles. The number of rotatable bonds is 1.